The number of ether oxygens (including phenoxy) is 4. The van der Waals surface area contributed by atoms with E-state index in [0.29, 0.717) is 39.6 Å². The Morgan fingerprint density at radius 3 is 1.67 bits per heavy atom. The molecule has 0 amide bonds. The molecule has 0 aliphatic rings. The zero-order valence-corrected chi connectivity index (χ0v) is 14.2. The van der Waals surface area contributed by atoms with Crippen LogP contribution in [0.3, 0.4) is 0 Å². The highest BCUT2D eigenvalue weighted by molar-refractivity contribution is 5.14. The van der Waals surface area contributed by atoms with Gasteiger partial charge in [0.05, 0.1) is 39.6 Å². The second-order valence-corrected chi connectivity index (χ2v) is 5.49. The van der Waals surface area contributed by atoms with Crippen LogP contribution in [0.5, 0.6) is 0 Å². The Morgan fingerprint density at radius 2 is 1.21 bits per heavy atom. The molecule has 0 aliphatic heterocycles. The largest absolute Gasteiger partial charge is 0.382 e. The van der Waals surface area contributed by atoms with Gasteiger partial charge in [0.1, 0.15) is 6.10 Å². The molecule has 0 bridgehead atoms. The van der Waals surface area contributed by atoms with Gasteiger partial charge in [-0.05, 0) is 11.1 Å². The molecular formula is C20H26O4. The summed E-state index contributed by atoms with van der Waals surface area (Å²) < 4.78 is 22.4. The molecule has 0 aromatic heterocycles. The SMILES string of the molecule is COCCOC(COCc1ccccc1)COCc1ccccc1. The topological polar surface area (TPSA) is 36.9 Å². The van der Waals surface area contributed by atoms with E-state index in [1.165, 1.54) is 0 Å². The molecule has 24 heavy (non-hydrogen) atoms. The normalized spacial score (nSPS) is 11.1. The van der Waals surface area contributed by atoms with E-state index in [-0.39, 0.29) is 6.10 Å². The molecule has 0 fully saturated rings. The minimum absolute atomic E-state index is 0.104. The third kappa shape index (κ3) is 7.70. The van der Waals surface area contributed by atoms with E-state index in [2.05, 4.69) is 0 Å². The molecule has 0 aliphatic carbocycles. The zero-order valence-electron chi connectivity index (χ0n) is 14.2. The van der Waals surface area contributed by atoms with Crippen LogP contribution in [0, 0.1) is 0 Å². The quantitative estimate of drug-likeness (QED) is 0.559. The third-order valence-corrected chi connectivity index (χ3v) is 3.47. The summed E-state index contributed by atoms with van der Waals surface area (Å²) in [4.78, 5) is 0. The van der Waals surface area contributed by atoms with Gasteiger partial charge in [-0.2, -0.15) is 0 Å². The molecule has 4 nitrogen and oxygen atoms in total. The predicted octanol–water partition coefficient (Wildman–Crippen LogP) is 3.45. The number of hydrogen-bond acceptors (Lipinski definition) is 4. The minimum Gasteiger partial charge on any atom is -0.382 e. The predicted molar refractivity (Wildman–Crippen MR) is 93.8 cm³/mol. The molecule has 0 unspecified atom stereocenters. The molecule has 0 radical (unpaired) electrons. The van der Waals surface area contributed by atoms with E-state index in [1.807, 2.05) is 60.7 Å². The van der Waals surface area contributed by atoms with Crippen LogP contribution in [-0.4, -0.2) is 39.6 Å². The van der Waals surface area contributed by atoms with Crippen molar-refractivity contribution in [3.63, 3.8) is 0 Å². The van der Waals surface area contributed by atoms with Crippen molar-refractivity contribution in [2.24, 2.45) is 0 Å². The van der Waals surface area contributed by atoms with Gasteiger partial charge in [-0.1, -0.05) is 60.7 Å². The molecular weight excluding hydrogens is 304 g/mol. The van der Waals surface area contributed by atoms with Crippen LogP contribution in [0.25, 0.3) is 0 Å². The van der Waals surface area contributed by atoms with E-state index in [9.17, 15) is 0 Å². The first kappa shape index (κ1) is 18.6. The van der Waals surface area contributed by atoms with Gasteiger partial charge in [-0.3, -0.25) is 0 Å². The van der Waals surface area contributed by atoms with Crippen molar-refractivity contribution in [3.05, 3.63) is 71.8 Å². The fourth-order valence-corrected chi connectivity index (χ4v) is 2.21. The summed E-state index contributed by atoms with van der Waals surface area (Å²) in [6.45, 7) is 3.23. The molecule has 2 aromatic rings. The van der Waals surface area contributed by atoms with Crippen molar-refractivity contribution in [1.29, 1.82) is 0 Å². The first-order valence-electron chi connectivity index (χ1n) is 8.22. The van der Waals surface area contributed by atoms with Gasteiger partial charge in [0.2, 0.25) is 0 Å². The molecule has 130 valence electrons. The fourth-order valence-electron chi connectivity index (χ4n) is 2.21. The summed E-state index contributed by atoms with van der Waals surface area (Å²) in [7, 11) is 1.66. The molecule has 0 spiro atoms. The maximum atomic E-state index is 5.78. The van der Waals surface area contributed by atoms with Crippen molar-refractivity contribution in [1.82, 2.24) is 0 Å². The Labute approximate surface area is 144 Å². The second-order valence-electron chi connectivity index (χ2n) is 5.49. The highest BCUT2D eigenvalue weighted by atomic mass is 16.6. The Kier molecular flexibility index (Phi) is 9.12. The smallest absolute Gasteiger partial charge is 0.104 e. The van der Waals surface area contributed by atoms with Crippen LogP contribution in [0.4, 0.5) is 0 Å². The Morgan fingerprint density at radius 1 is 0.708 bits per heavy atom. The standard InChI is InChI=1S/C20H26O4/c1-21-12-13-24-20(16-22-14-18-8-4-2-5-9-18)17-23-15-19-10-6-3-7-11-19/h2-11,20H,12-17H2,1H3. The van der Waals surface area contributed by atoms with Crippen LogP contribution in [0.15, 0.2) is 60.7 Å². The summed E-state index contributed by atoms with van der Waals surface area (Å²) in [5.41, 5.74) is 2.30. The molecule has 0 saturated carbocycles. The summed E-state index contributed by atoms with van der Waals surface area (Å²) in [6, 6.07) is 20.2. The molecule has 0 heterocycles. The van der Waals surface area contributed by atoms with Crippen molar-refractivity contribution in [2.45, 2.75) is 19.3 Å². The summed E-state index contributed by atoms with van der Waals surface area (Å²) in [5.74, 6) is 0. The van der Waals surface area contributed by atoms with Crippen molar-refractivity contribution >= 4 is 0 Å². The maximum Gasteiger partial charge on any atom is 0.104 e. The lowest BCUT2D eigenvalue weighted by molar-refractivity contribution is -0.0757. The molecule has 4 heteroatoms. The number of rotatable bonds is 12. The van der Waals surface area contributed by atoms with Crippen LogP contribution < -0.4 is 0 Å². The van der Waals surface area contributed by atoms with Crippen LogP contribution in [0.2, 0.25) is 0 Å². The van der Waals surface area contributed by atoms with E-state index < -0.39 is 0 Å². The summed E-state index contributed by atoms with van der Waals surface area (Å²) >= 11 is 0. The van der Waals surface area contributed by atoms with Gasteiger partial charge >= 0.3 is 0 Å². The highest BCUT2D eigenvalue weighted by Gasteiger charge is 2.10. The summed E-state index contributed by atoms with van der Waals surface area (Å²) in [6.07, 6.45) is -0.104. The molecule has 2 aromatic carbocycles. The van der Waals surface area contributed by atoms with Crippen LogP contribution in [-0.2, 0) is 32.2 Å². The average Bonchev–Trinajstić information content (AvgIpc) is 2.63. The summed E-state index contributed by atoms with van der Waals surface area (Å²) in [5, 5.41) is 0. The van der Waals surface area contributed by atoms with E-state index in [4.69, 9.17) is 18.9 Å². The second kappa shape index (κ2) is 11.8. The zero-order chi connectivity index (χ0) is 16.9. The van der Waals surface area contributed by atoms with Gasteiger partial charge in [0, 0.05) is 7.11 Å². The molecule has 0 atom stereocenters. The Bertz CT molecular complexity index is 484. The van der Waals surface area contributed by atoms with Gasteiger partial charge in [-0.15, -0.1) is 0 Å². The van der Waals surface area contributed by atoms with E-state index >= 15 is 0 Å². The molecule has 0 saturated heterocycles. The van der Waals surface area contributed by atoms with Gasteiger partial charge in [-0.25, -0.2) is 0 Å². The van der Waals surface area contributed by atoms with Crippen LogP contribution in [0.1, 0.15) is 11.1 Å². The average molecular weight is 330 g/mol. The maximum absolute atomic E-state index is 5.78. The van der Waals surface area contributed by atoms with Crippen molar-refractivity contribution in [3.8, 4) is 0 Å². The van der Waals surface area contributed by atoms with Gasteiger partial charge in [0.15, 0.2) is 0 Å². The fraction of sp³-hybridized carbons (Fsp3) is 0.400. The lowest BCUT2D eigenvalue weighted by Gasteiger charge is -2.18. The number of benzene rings is 2. The minimum atomic E-state index is -0.104. The van der Waals surface area contributed by atoms with Gasteiger partial charge in [0.25, 0.3) is 0 Å². The first-order chi connectivity index (χ1) is 11.9. The lowest BCUT2D eigenvalue weighted by Crippen LogP contribution is -2.27. The Balaban J connectivity index is 1.71. The van der Waals surface area contributed by atoms with E-state index in [0.717, 1.165) is 11.1 Å². The monoisotopic (exact) mass is 330 g/mol. The number of hydrogen-bond donors (Lipinski definition) is 0. The Hall–Kier alpha value is -1.72. The van der Waals surface area contributed by atoms with Crippen molar-refractivity contribution < 1.29 is 18.9 Å². The molecule has 2 rings (SSSR count). The van der Waals surface area contributed by atoms with Crippen LogP contribution >= 0.6 is 0 Å². The molecule has 0 N–H and O–H groups in total. The lowest BCUT2D eigenvalue weighted by atomic mass is 10.2. The van der Waals surface area contributed by atoms with Gasteiger partial charge < -0.3 is 18.9 Å². The number of methoxy groups -OCH3 is 1. The van der Waals surface area contributed by atoms with E-state index in [1.54, 1.807) is 7.11 Å². The third-order valence-electron chi connectivity index (χ3n) is 3.47. The first-order valence-corrected chi connectivity index (χ1v) is 8.22. The van der Waals surface area contributed by atoms with Crippen molar-refractivity contribution in [2.75, 3.05) is 33.5 Å². The highest BCUT2D eigenvalue weighted by Crippen LogP contribution is 2.05.